The van der Waals surface area contributed by atoms with Crippen molar-refractivity contribution in [3.05, 3.63) is 35.4 Å². The molecule has 0 atom stereocenters. The van der Waals surface area contributed by atoms with E-state index >= 15 is 0 Å². The molecular weight excluding hydrogens is 257 g/mol. The van der Waals surface area contributed by atoms with Crippen molar-refractivity contribution >= 4 is 5.91 Å². The molecule has 0 aromatic heterocycles. The first-order valence-electron chi connectivity index (χ1n) is 5.96. The molecule has 106 valence electrons. The summed E-state index contributed by atoms with van der Waals surface area (Å²) in [5.74, 6) is -0.328. The fraction of sp³-hybridized carbons (Fsp3) is 0.462. The second-order valence-electron chi connectivity index (χ2n) is 4.47. The van der Waals surface area contributed by atoms with Crippen molar-refractivity contribution < 1.29 is 18.0 Å². The molecule has 3 nitrogen and oxygen atoms in total. The van der Waals surface area contributed by atoms with Gasteiger partial charge in [-0.05, 0) is 11.6 Å². The number of benzene rings is 1. The van der Waals surface area contributed by atoms with E-state index in [0.717, 1.165) is 6.07 Å². The molecule has 0 heterocycles. The van der Waals surface area contributed by atoms with Crippen molar-refractivity contribution in [2.24, 2.45) is 0 Å². The number of carbonyl (C=O) groups excluding carboxylic acids is 1. The molecule has 0 unspecified atom stereocenters. The number of nitrogens with one attached hydrogen (secondary N) is 2. The lowest BCUT2D eigenvalue weighted by atomic mass is 10.1. The molecule has 0 fully saturated rings. The van der Waals surface area contributed by atoms with E-state index < -0.39 is 11.7 Å². The maximum atomic E-state index is 12.7. The molecule has 0 saturated heterocycles. The average molecular weight is 274 g/mol. The molecule has 1 rings (SSSR count). The van der Waals surface area contributed by atoms with Crippen LogP contribution in [0.5, 0.6) is 0 Å². The lowest BCUT2D eigenvalue weighted by molar-refractivity contribution is -0.138. The minimum absolute atomic E-state index is 0.0629. The van der Waals surface area contributed by atoms with Crippen molar-refractivity contribution in [1.82, 2.24) is 10.6 Å². The van der Waals surface area contributed by atoms with Crippen molar-refractivity contribution in [3.8, 4) is 0 Å². The van der Waals surface area contributed by atoms with Crippen LogP contribution in [-0.4, -0.2) is 18.5 Å². The van der Waals surface area contributed by atoms with Crippen molar-refractivity contribution in [2.75, 3.05) is 6.54 Å². The minimum atomic E-state index is -4.41. The van der Waals surface area contributed by atoms with Crippen LogP contribution in [0.2, 0.25) is 0 Å². The summed E-state index contributed by atoms with van der Waals surface area (Å²) in [6.45, 7) is 3.72. The molecule has 1 amide bonds. The number of carbonyl (C=O) groups is 1. The Kier molecular flexibility index (Phi) is 5.35. The van der Waals surface area contributed by atoms with Gasteiger partial charge >= 0.3 is 6.18 Å². The van der Waals surface area contributed by atoms with E-state index in [4.69, 9.17) is 0 Å². The zero-order chi connectivity index (χ0) is 14.5. The fourth-order valence-corrected chi connectivity index (χ4v) is 1.50. The Bertz CT molecular complexity index is 430. The fourth-order valence-electron chi connectivity index (χ4n) is 1.50. The summed E-state index contributed by atoms with van der Waals surface area (Å²) in [5, 5.41) is 5.36. The Labute approximate surface area is 110 Å². The third-order valence-electron chi connectivity index (χ3n) is 2.47. The van der Waals surface area contributed by atoms with Crippen LogP contribution in [-0.2, 0) is 17.5 Å². The lowest BCUT2D eigenvalue weighted by Crippen LogP contribution is -2.36. The van der Waals surface area contributed by atoms with Gasteiger partial charge in [0, 0.05) is 12.6 Å². The third-order valence-corrected chi connectivity index (χ3v) is 2.47. The van der Waals surface area contributed by atoms with Crippen LogP contribution in [0.1, 0.15) is 25.0 Å². The van der Waals surface area contributed by atoms with E-state index in [2.05, 4.69) is 10.6 Å². The summed E-state index contributed by atoms with van der Waals surface area (Å²) in [6, 6.07) is 5.36. The van der Waals surface area contributed by atoms with E-state index in [0.29, 0.717) is 0 Å². The van der Waals surface area contributed by atoms with Gasteiger partial charge in [-0.25, -0.2) is 0 Å². The molecule has 0 aliphatic heterocycles. The quantitative estimate of drug-likeness (QED) is 0.865. The highest BCUT2D eigenvalue weighted by Gasteiger charge is 2.32. The molecule has 0 saturated carbocycles. The van der Waals surface area contributed by atoms with E-state index in [9.17, 15) is 18.0 Å². The number of amides is 1. The van der Waals surface area contributed by atoms with Gasteiger partial charge in [0.25, 0.3) is 0 Å². The highest BCUT2D eigenvalue weighted by Crippen LogP contribution is 2.31. The first-order chi connectivity index (χ1) is 8.80. The van der Waals surface area contributed by atoms with Crippen LogP contribution in [0, 0.1) is 0 Å². The molecule has 1 aromatic carbocycles. The molecule has 6 heteroatoms. The first-order valence-corrected chi connectivity index (χ1v) is 5.96. The Morgan fingerprint density at radius 1 is 1.26 bits per heavy atom. The number of halogens is 3. The number of hydrogen-bond donors (Lipinski definition) is 2. The standard InChI is InChI=1S/C13H17F3N2O/c1-9(2)17-8-12(19)18-7-10-5-3-4-6-11(10)13(14,15)16/h3-6,9,17H,7-8H2,1-2H3,(H,18,19). The zero-order valence-electron chi connectivity index (χ0n) is 10.8. The van der Waals surface area contributed by atoms with Crippen LogP contribution >= 0.6 is 0 Å². The van der Waals surface area contributed by atoms with Gasteiger partial charge in [0.1, 0.15) is 0 Å². The van der Waals surface area contributed by atoms with Gasteiger partial charge in [-0.3, -0.25) is 4.79 Å². The maximum Gasteiger partial charge on any atom is 0.416 e. The Balaban J connectivity index is 2.61. The van der Waals surface area contributed by atoms with Gasteiger partial charge in [0.2, 0.25) is 5.91 Å². The molecule has 0 radical (unpaired) electrons. The summed E-state index contributed by atoms with van der Waals surface area (Å²) in [7, 11) is 0. The van der Waals surface area contributed by atoms with Crippen LogP contribution in [0.25, 0.3) is 0 Å². The van der Waals surface area contributed by atoms with E-state index in [-0.39, 0.29) is 30.6 Å². The molecule has 0 spiro atoms. The molecule has 2 N–H and O–H groups in total. The lowest BCUT2D eigenvalue weighted by Gasteiger charge is -2.13. The minimum Gasteiger partial charge on any atom is -0.351 e. The Hall–Kier alpha value is -1.56. The predicted octanol–water partition coefficient (Wildman–Crippen LogP) is 2.32. The second kappa shape index (κ2) is 6.56. The van der Waals surface area contributed by atoms with Gasteiger partial charge in [-0.15, -0.1) is 0 Å². The summed E-state index contributed by atoms with van der Waals surface area (Å²) in [6.07, 6.45) is -4.41. The largest absolute Gasteiger partial charge is 0.416 e. The van der Waals surface area contributed by atoms with Crippen molar-refractivity contribution in [1.29, 1.82) is 0 Å². The maximum absolute atomic E-state index is 12.7. The van der Waals surface area contributed by atoms with Gasteiger partial charge < -0.3 is 10.6 Å². The summed E-state index contributed by atoms with van der Waals surface area (Å²) in [4.78, 5) is 11.4. The van der Waals surface area contributed by atoms with E-state index in [1.54, 1.807) is 0 Å². The summed E-state index contributed by atoms with van der Waals surface area (Å²) < 4.78 is 38.1. The number of hydrogen-bond acceptors (Lipinski definition) is 2. The Morgan fingerprint density at radius 2 is 1.89 bits per heavy atom. The van der Waals surface area contributed by atoms with Gasteiger partial charge in [-0.2, -0.15) is 13.2 Å². The topological polar surface area (TPSA) is 41.1 Å². The highest BCUT2D eigenvalue weighted by atomic mass is 19.4. The summed E-state index contributed by atoms with van der Waals surface area (Å²) in [5.41, 5.74) is -0.653. The van der Waals surface area contributed by atoms with Crippen molar-refractivity contribution in [3.63, 3.8) is 0 Å². The van der Waals surface area contributed by atoms with E-state index in [1.807, 2.05) is 13.8 Å². The third kappa shape index (κ3) is 5.30. The van der Waals surface area contributed by atoms with Gasteiger partial charge in [0.15, 0.2) is 0 Å². The molecule has 0 aliphatic rings. The van der Waals surface area contributed by atoms with Crippen molar-refractivity contribution in [2.45, 2.75) is 32.6 Å². The van der Waals surface area contributed by atoms with Crippen LogP contribution in [0.4, 0.5) is 13.2 Å². The number of alkyl halides is 3. The van der Waals surface area contributed by atoms with E-state index in [1.165, 1.54) is 18.2 Å². The van der Waals surface area contributed by atoms with Crippen LogP contribution in [0.15, 0.2) is 24.3 Å². The normalized spacial score (nSPS) is 11.7. The second-order valence-corrected chi connectivity index (χ2v) is 4.47. The van der Waals surface area contributed by atoms with Gasteiger partial charge in [-0.1, -0.05) is 32.0 Å². The zero-order valence-corrected chi connectivity index (χ0v) is 10.8. The monoisotopic (exact) mass is 274 g/mol. The SMILES string of the molecule is CC(C)NCC(=O)NCc1ccccc1C(F)(F)F. The number of rotatable bonds is 5. The first kappa shape index (κ1) is 15.5. The molecule has 1 aromatic rings. The molecule has 19 heavy (non-hydrogen) atoms. The smallest absolute Gasteiger partial charge is 0.351 e. The van der Waals surface area contributed by atoms with Gasteiger partial charge in [0.05, 0.1) is 12.1 Å². The predicted molar refractivity (Wildman–Crippen MR) is 66.4 cm³/mol. The summed E-state index contributed by atoms with van der Waals surface area (Å²) >= 11 is 0. The molecule has 0 aliphatic carbocycles. The Morgan fingerprint density at radius 3 is 2.47 bits per heavy atom. The van der Waals surface area contributed by atoms with Crippen LogP contribution < -0.4 is 10.6 Å². The molecule has 0 bridgehead atoms. The van der Waals surface area contributed by atoms with Crippen LogP contribution in [0.3, 0.4) is 0 Å². The highest BCUT2D eigenvalue weighted by molar-refractivity contribution is 5.78. The molecular formula is C13H17F3N2O. The average Bonchev–Trinajstić information content (AvgIpc) is 2.33.